The molecule has 3 N–H and O–H groups in total. The molecular formula is C19H24ClN3O4S. The van der Waals surface area contributed by atoms with E-state index in [9.17, 15) is 13.2 Å². The van der Waals surface area contributed by atoms with Gasteiger partial charge in [-0.3, -0.25) is 4.79 Å². The zero-order valence-corrected chi connectivity index (χ0v) is 17.3. The molecule has 0 spiro atoms. The van der Waals surface area contributed by atoms with Crippen LogP contribution in [0.15, 0.2) is 53.4 Å². The van der Waals surface area contributed by atoms with Gasteiger partial charge in [-0.1, -0.05) is 18.2 Å². The van der Waals surface area contributed by atoms with E-state index in [1.54, 1.807) is 36.4 Å². The number of halogens is 1. The summed E-state index contributed by atoms with van der Waals surface area (Å²) in [6.45, 7) is 4.24. The molecule has 1 aliphatic rings. The molecule has 1 aliphatic heterocycles. The smallest absolute Gasteiger partial charge is 0.255 e. The second-order valence-electron chi connectivity index (χ2n) is 6.65. The van der Waals surface area contributed by atoms with Crippen LogP contribution in [-0.2, 0) is 14.8 Å². The summed E-state index contributed by atoms with van der Waals surface area (Å²) in [6, 6.07) is 12.9. The van der Waals surface area contributed by atoms with Crippen molar-refractivity contribution in [2.75, 3.05) is 24.1 Å². The molecule has 2 unspecified atom stereocenters. The molecule has 3 rings (SSSR count). The summed E-state index contributed by atoms with van der Waals surface area (Å²) in [4.78, 5) is 12.6. The molecule has 152 valence electrons. The van der Waals surface area contributed by atoms with Crippen molar-refractivity contribution in [1.82, 2.24) is 4.31 Å². The molecule has 0 aromatic heterocycles. The standard InChI is InChI=1S/C19H23N3O4S.ClH/c1-13-11-22(12-14(2)26-13)27(24,25)16-7-5-6-15(10-16)19(23)21-18-9-4-3-8-17(18)20;/h3-10,13-14H,11-12,20H2,1-2H3,(H,21,23);1H. The largest absolute Gasteiger partial charge is 0.397 e. The van der Waals surface area contributed by atoms with Crippen LogP contribution in [0.2, 0.25) is 0 Å². The highest BCUT2D eigenvalue weighted by Crippen LogP contribution is 2.23. The molecule has 1 fully saturated rings. The summed E-state index contributed by atoms with van der Waals surface area (Å²) in [7, 11) is -3.72. The van der Waals surface area contributed by atoms with Gasteiger partial charge in [0.1, 0.15) is 0 Å². The second kappa shape index (κ2) is 8.91. The maximum Gasteiger partial charge on any atom is 0.255 e. The molecule has 7 nitrogen and oxygen atoms in total. The van der Waals surface area contributed by atoms with Crippen LogP contribution in [0.5, 0.6) is 0 Å². The molecule has 0 radical (unpaired) electrons. The molecule has 0 saturated carbocycles. The van der Waals surface area contributed by atoms with Crippen LogP contribution in [0.1, 0.15) is 24.2 Å². The zero-order valence-electron chi connectivity index (χ0n) is 15.7. The number of hydrogen-bond acceptors (Lipinski definition) is 5. The molecule has 1 amide bonds. The number of amides is 1. The van der Waals surface area contributed by atoms with Gasteiger partial charge in [0.2, 0.25) is 10.0 Å². The number of para-hydroxylation sites is 2. The number of nitrogens with two attached hydrogens (primary N) is 1. The van der Waals surface area contributed by atoms with Gasteiger partial charge in [0.15, 0.2) is 0 Å². The lowest BCUT2D eigenvalue weighted by molar-refractivity contribution is -0.0440. The Labute approximate surface area is 171 Å². The predicted octanol–water partition coefficient (Wildman–Crippen LogP) is 2.74. The molecule has 0 bridgehead atoms. The molecule has 28 heavy (non-hydrogen) atoms. The Morgan fingerprint density at radius 2 is 1.75 bits per heavy atom. The first-order chi connectivity index (χ1) is 12.8. The second-order valence-corrected chi connectivity index (χ2v) is 8.59. The molecule has 2 aromatic rings. The number of morpholine rings is 1. The van der Waals surface area contributed by atoms with Crippen molar-refractivity contribution in [1.29, 1.82) is 0 Å². The predicted molar refractivity (Wildman–Crippen MR) is 111 cm³/mol. The van der Waals surface area contributed by atoms with Crippen LogP contribution in [-0.4, -0.2) is 43.9 Å². The minimum absolute atomic E-state index is 0. The lowest BCUT2D eigenvalue weighted by atomic mass is 10.2. The summed E-state index contributed by atoms with van der Waals surface area (Å²) in [5, 5.41) is 2.71. The highest BCUT2D eigenvalue weighted by Gasteiger charge is 2.32. The van der Waals surface area contributed by atoms with Gasteiger partial charge in [-0.2, -0.15) is 4.31 Å². The fourth-order valence-corrected chi connectivity index (χ4v) is 4.72. The molecule has 2 atom stereocenters. The van der Waals surface area contributed by atoms with Crippen LogP contribution in [0.4, 0.5) is 11.4 Å². The van der Waals surface area contributed by atoms with E-state index < -0.39 is 15.9 Å². The third-order valence-corrected chi connectivity index (χ3v) is 6.16. The topological polar surface area (TPSA) is 102 Å². The van der Waals surface area contributed by atoms with E-state index in [1.165, 1.54) is 16.4 Å². The number of nitrogen functional groups attached to an aromatic ring is 1. The van der Waals surface area contributed by atoms with E-state index in [1.807, 2.05) is 13.8 Å². The summed E-state index contributed by atoms with van der Waals surface area (Å²) >= 11 is 0. The molecule has 9 heteroatoms. The Morgan fingerprint density at radius 1 is 1.11 bits per heavy atom. The number of nitrogens with zero attached hydrogens (tertiary/aromatic N) is 1. The minimum atomic E-state index is -3.72. The van der Waals surface area contributed by atoms with Crippen LogP contribution in [0.3, 0.4) is 0 Å². The van der Waals surface area contributed by atoms with E-state index >= 15 is 0 Å². The Bertz CT molecular complexity index is 942. The van der Waals surface area contributed by atoms with Gasteiger partial charge in [0, 0.05) is 18.7 Å². The van der Waals surface area contributed by atoms with Crippen molar-refractivity contribution >= 4 is 39.7 Å². The number of carbonyl (C=O) groups is 1. The highest BCUT2D eigenvalue weighted by atomic mass is 35.5. The zero-order chi connectivity index (χ0) is 19.6. The third-order valence-electron chi connectivity index (χ3n) is 4.33. The first-order valence-corrected chi connectivity index (χ1v) is 10.1. The van der Waals surface area contributed by atoms with Crippen LogP contribution >= 0.6 is 12.4 Å². The van der Waals surface area contributed by atoms with Gasteiger partial charge in [0.25, 0.3) is 5.91 Å². The first kappa shape index (κ1) is 22.2. The number of sulfonamides is 1. The Balaban J connectivity index is 0.00000280. The molecule has 0 aliphatic carbocycles. The summed E-state index contributed by atoms with van der Waals surface area (Å²) in [5.41, 5.74) is 7.00. The number of rotatable bonds is 4. The van der Waals surface area contributed by atoms with Crippen molar-refractivity contribution in [3.63, 3.8) is 0 Å². The van der Waals surface area contributed by atoms with Gasteiger partial charge in [-0.15, -0.1) is 12.4 Å². The van der Waals surface area contributed by atoms with Crippen molar-refractivity contribution < 1.29 is 17.9 Å². The lowest BCUT2D eigenvalue weighted by Gasteiger charge is -2.34. The monoisotopic (exact) mass is 425 g/mol. The fraction of sp³-hybridized carbons (Fsp3) is 0.316. The Hall–Kier alpha value is -2.13. The van der Waals surface area contributed by atoms with E-state index in [4.69, 9.17) is 10.5 Å². The van der Waals surface area contributed by atoms with Gasteiger partial charge in [-0.05, 0) is 44.2 Å². The minimum Gasteiger partial charge on any atom is -0.397 e. The normalized spacial score (nSPS) is 20.2. The maximum atomic E-state index is 13.0. The first-order valence-electron chi connectivity index (χ1n) is 8.69. The number of benzene rings is 2. The van der Waals surface area contributed by atoms with E-state index in [2.05, 4.69) is 5.32 Å². The average Bonchev–Trinajstić information content (AvgIpc) is 2.63. The quantitative estimate of drug-likeness (QED) is 0.733. The number of hydrogen-bond donors (Lipinski definition) is 2. The van der Waals surface area contributed by atoms with Crippen LogP contribution in [0.25, 0.3) is 0 Å². The molecular weight excluding hydrogens is 402 g/mol. The molecule has 2 aromatic carbocycles. The lowest BCUT2D eigenvalue weighted by Crippen LogP contribution is -2.48. The Kier molecular flexibility index (Phi) is 7.06. The van der Waals surface area contributed by atoms with Crippen molar-refractivity contribution in [2.24, 2.45) is 0 Å². The Morgan fingerprint density at radius 3 is 2.39 bits per heavy atom. The SMILES string of the molecule is CC1CN(S(=O)(=O)c2cccc(C(=O)Nc3ccccc3N)c2)CC(C)O1.Cl. The fourth-order valence-electron chi connectivity index (χ4n) is 3.08. The summed E-state index contributed by atoms with van der Waals surface area (Å²) in [6.07, 6.45) is -0.368. The van der Waals surface area contributed by atoms with Crippen LogP contribution < -0.4 is 11.1 Å². The average molecular weight is 426 g/mol. The van der Waals surface area contributed by atoms with E-state index in [0.29, 0.717) is 11.4 Å². The molecule has 1 heterocycles. The summed E-state index contributed by atoms with van der Waals surface area (Å²) in [5.74, 6) is -0.423. The van der Waals surface area contributed by atoms with E-state index in [-0.39, 0.29) is 48.2 Å². The van der Waals surface area contributed by atoms with Crippen molar-refractivity contribution in [2.45, 2.75) is 31.0 Å². The molecule has 1 saturated heterocycles. The van der Waals surface area contributed by atoms with Gasteiger partial charge < -0.3 is 15.8 Å². The number of carbonyl (C=O) groups excluding carboxylic acids is 1. The summed E-state index contributed by atoms with van der Waals surface area (Å²) < 4.78 is 33.0. The van der Waals surface area contributed by atoms with Crippen molar-refractivity contribution in [3.05, 3.63) is 54.1 Å². The van der Waals surface area contributed by atoms with Gasteiger partial charge in [-0.25, -0.2) is 8.42 Å². The van der Waals surface area contributed by atoms with Gasteiger partial charge in [0.05, 0.1) is 28.5 Å². The van der Waals surface area contributed by atoms with E-state index in [0.717, 1.165) is 0 Å². The maximum absolute atomic E-state index is 13.0. The highest BCUT2D eigenvalue weighted by molar-refractivity contribution is 7.89. The van der Waals surface area contributed by atoms with Crippen molar-refractivity contribution in [3.8, 4) is 0 Å². The third kappa shape index (κ3) is 4.82. The number of ether oxygens (including phenoxy) is 1. The number of nitrogens with one attached hydrogen (secondary N) is 1. The van der Waals surface area contributed by atoms with Crippen LogP contribution in [0, 0.1) is 0 Å². The number of anilines is 2. The van der Waals surface area contributed by atoms with Gasteiger partial charge >= 0.3 is 0 Å².